The largest absolute Gasteiger partial charge is 0.497 e. The number of carbonyl (C=O) groups excluding carboxylic acids is 1. The first-order chi connectivity index (χ1) is 14.2. The fourth-order valence-corrected chi connectivity index (χ4v) is 3.19. The molecule has 0 aliphatic carbocycles. The molecule has 4 rings (SSSR count). The number of carbonyl (C=O) groups is 1. The van der Waals surface area contributed by atoms with Gasteiger partial charge in [0.2, 0.25) is 5.91 Å². The molecule has 0 N–H and O–H groups in total. The Kier molecular flexibility index (Phi) is 5.20. The number of likely N-dealkylation sites (N-methyl/N-ethyl adjacent to an activating group) is 1. The van der Waals surface area contributed by atoms with E-state index in [9.17, 15) is 4.79 Å². The second-order valence-electron chi connectivity index (χ2n) is 6.48. The third kappa shape index (κ3) is 3.80. The van der Waals surface area contributed by atoms with E-state index in [0.717, 1.165) is 17.0 Å². The molecule has 0 saturated carbocycles. The Balaban J connectivity index is 1.63. The Labute approximate surface area is 168 Å². The fraction of sp³-hybridized carbons (Fsp3) is 0.182. The Bertz CT molecular complexity index is 1120. The van der Waals surface area contributed by atoms with Gasteiger partial charge in [0, 0.05) is 17.8 Å². The van der Waals surface area contributed by atoms with Gasteiger partial charge in [0.05, 0.1) is 19.6 Å². The molecular formula is C22H21N5O2. The third-order valence-electron chi connectivity index (χ3n) is 4.70. The summed E-state index contributed by atoms with van der Waals surface area (Å²) < 4.78 is 6.96. The topological polar surface area (TPSA) is 73.1 Å². The lowest BCUT2D eigenvalue weighted by molar-refractivity contribution is -0.119. The summed E-state index contributed by atoms with van der Waals surface area (Å²) in [5, 5.41) is 0. The van der Waals surface area contributed by atoms with Crippen molar-refractivity contribution in [1.82, 2.24) is 19.5 Å². The molecule has 1 amide bonds. The van der Waals surface area contributed by atoms with E-state index in [4.69, 9.17) is 4.74 Å². The minimum atomic E-state index is -0.0254. The highest BCUT2D eigenvalue weighted by molar-refractivity contribution is 5.93. The number of methoxy groups -OCH3 is 1. The quantitative estimate of drug-likeness (QED) is 0.506. The number of rotatable bonds is 6. The van der Waals surface area contributed by atoms with Gasteiger partial charge in [0.15, 0.2) is 11.5 Å². The molecule has 0 aliphatic rings. The van der Waals surface area contributed by atoms with Crippen molar-refractivity contribution >= 4 is 22.8 Å². The highest BCUT2D eigenvalue weighted by atomic mass is 16.5. The summed E-state index contributed by atoms with van der Waals surface area (Å²) in [4.78, 5) is 28.1. The number of aromatic nitrogens is 4. The molecule has 146 valence electrons. The molecule has 0 bridgehead atoms. The number of imidazole rings is 1. The van der Waals surface area contributed by atoms with E-state index in [1.165, 1.54) is 0 Å². The summed E-state index contributed by atoms with van der Waals surface area (Å²) in [7, 11) is 1.63. The third-order valence-corrected chi connectivity index (χ3v) is 4.70. The minimum absolute atomic E-state index is 0.0254. The predicted molar refractivity (Wildman–Crippen MR) is 112 cm³/mol. The van der Waals surface area contributed by atoms with E-state index >= 15 is 0 Å². The average Bonchev–Trinajstić information content (AvgIpc) is 3.17. The number of hydrogen-bond donors (Lipinski definition) is 0. The monoisotopic (exact) mass is 387 g/mol. The fourth-order valence-electron chi connectivity index (χ4n) is 3.19. The van der Waals surface area contributed by atoms with Crippen LogP contribution in [0.2, 0.25) is 0 Å². The number of hydrogen-bond acceptors (Lipinski definition) is 5. The first kappa shape index (κ1) is 18.6. The smallest absolute Gasteiger partial charge is 0.247 e. The molecular weight excluding hydrogens is 366 g/mol. The molecule has 0 aliphatic heterocycles. The van der Waals surface area contributed by atoms with Crippen LogP contribution in [-0.2, 0) is 11.3 Å². The number of fused-ring (bicyclic) bond motifs is 1. The molecule has 0 radical (unpaired) electrons. The van der Waals surface area contributed by atoms with Crippen molar-refractivity contribution < 1.29 is 9.53 Å². The highest BCUT2D eigenvalue weighted by Gasteiger charge is 2.16. The first-order valence-electron chi connectivity index (χ1n) is 9.37. The number of para-hydroxylation sites is 1. The molecule has 0 unspecified atom stereocenters. The zero-order chi connectivity index (χ0) is 20.2. The molecule has 0 spiro atoms. The van der Waals surface area contributed by atoms with Crippen LogP contribution in [0.3, 0.4) is 0 Å². The van der Waals surface area contributed by atoms with Gasteiger partial charge in [-0.05, 0) is 43.3 Å². The van der Waals surface area contributed by atoms with Gasteiger partial charge in [-0.2, -0.15) is 0 Å². The summed E-state index contributed by atoms with van der Waals surface area (Å²) in [6.07, 6.45) is 3.31. The van der Waals surface area contributed by atoms with Crippen molar-refractivity contribution in [3.05, 3.63) is 67.1 Å². The van der Waals surface area contributed by atoms with Crippen LogP contribution in [-0.4, -0.2) is 39.1 Å². The molecule has 2 heterocycles. The van der Waals surface area contributed by atoms with Crippen molar-refractivity contribution in [3.63, 3.8) is 0 Å². The number of ether oxygens (including phenoxy) is 1. The Morgan fingerprint density at radius 2 is 1.83 bits per heavy atom. The molecule has 29 heavy (non-hydrogen) atoms. The zero-order valence-electron chi connectivity index (χ0n) is 16.3. The van der Waals surface area contributed by atoms with Gasteiger partial charge in [-0.25, -0.2) is 15.0 Å². The maximum absolute atomic E-state index is 12.9. The maximum Gasteiger partial charge on any atom is 0.247 e. The number of benzene rings is 2. The van der Waals surface area contributed by atoms with E-state index in [1.54, 1.807) is 29.1 Å². The lowest BCUT2D eigenvalue weighted by atomic mass is 10.2. The van der Waals surface area contributed by atoms with Crippen molar-refractivity contribution in [1.29, 1.82) is 0 Å². The first-order valence-corrected chi connectivity index (χ1v) is 9.37. The van der Waals surface area contributed by atoms with Gasteiger partial charge in [-0.3, -0.25) is 4.79 Å². The standard InChI is InChI=1S/C22H21N5O2/c1-3-27(17-7-5-4-6-8-17)20(28)14-26-15-24-19-13-23-21(25-22(19)26)16-9-11-18(29-2)12-10-16/h4-13,15H,3,14H2,1-2H3. The molecule has 4 aromatic rings. The minimum Gasteiger partial charge on any atom is -0.497 e. The Morgan fingerprint density at radius 3 is 2.52 bits per heavy atom. The lowest BCUT2D eigenvalue weighted by Gasteiger charge is -2.21. The van der Waals surface area contributed by atoms with Crippen molar-refractivity contribution in [3.8, 4) is 17.1 Å². The molecule has 0 fully saturated rings. The van der Waals surface area contributed by atoms with Crippen LogP contribution in [0.25, 0.3) is 22.6 Å². The normalized spacial score (nSPS) is 10.8. The van der Waals surface area contributed by atoms with Gasteiger partial charge >= 0.3 is 0 Å². The van der Waals surface area contributed by atoms with Crippen molar-refractivity contribution in [2.75, 3.05) is 18.6 Å². The molecule has 7 nitrogen and oxygen atoms in total. The number of amides is 1. The van der Waals surface area contributed by atoms with Gasteiger partial charge in [0.25, 0.3) is 0 Å². The average molecular weight is 387 g/mol. The summed E-state index contributed by atoms with van der Waals surface area (Å²) in [5.74, 6) is 1.32. The number of nitrogens with zero attached hydrogens (tertiary/aromatic N) is 5. The second-order valence-corrected chi connectivity index (χ2v) is 6.48. The Morgan fingerprint density at radius 1 is 1.07 bits per heavy atom. The summed E-state index contributed by atoms with van der Waals surface area (Å²) in [6.45, 7) is 2.70. The molecule has 7 heteroatoms. The molecule has 0 saturated heterocycles. The van der Waals surface area contributed by atoms with Gasteiger partial charge in [0.1, 0.15) is 17.8 Å². The summed E-state index contributed by atoms with van der Waals surface area (Å²) in [6, 6.07) is 17.2. The van der Waals surface area contributed by atoms with Gasteiger partial charge in [-0.1, -0.05) is 18.2 Å². The van der Waals surface area contributed by atoms with Crippen LogP contribution in [0.1, 0.15) is 6.92 Å². The van der Waals surface area contributed by atoms with E-state index < -0.39 is 0 Å². The number of anilines is 1. The van der Waals surface area contributed by atoms with Crippen LogP contribution in [0, 0.1) is 0 Å². The zero-order valence-corrected chi connectivity index (χ0v) is 16.3. The van der Waals surface area contributed by atoms with Crippen molar-refractivity contribution in [2.45, 2.75) is 13.5 Å². The van der Waals surface area contributed by atoms with Crippen LogP contribution in [0.15, 0.2) is 67.1 Å². The van der Waals surface area contributed by atoms with E-state index in [-0.39, 0.29) is 12.5 Å². The Hall–Kier alpha value is -3.74. The van der Waals surface area contributed by atoms with Crippen LogP contribution in [0.5, 0.6) is 5.75 Å². The lowest BCUT2D eigenvalue weighted by Crippen LogP contribution is -2.33. The summed E-state index contributed by atoms with van der Waals surface area (Å²) in [5.41, 5.74) is 3.02. The van der Waals surface area contributed by atoms with Crippen LogP contribution in [0.4, 0.5) is 5.69 Å². The van der Waals surface area contributed by atoms with Gasteiger partial charge in [-0.15, -0.1) is 0 Å². The van der Waals surface area contributed by atoms with Crippen molar-refractivity contribution in [2.24, 2.45) is 0 Å². The SMILES string of the molecule is CCN(C(=O)Cn1cnc2cnc(-c3ccc(OC)cc3)nc21)c1ccccc1. The van der Waals surface area contributed by atoms with E-state index in [2.05, 4.69) is 15.0 Å². The highest BCUT2D eigenvalue weighted by Crippen LogP contribution is 2.21. The van der Waals surface area contributed by atoms with Crippen LogP contribution >= 0.6 is 0 Å². The molecule has 2 aromatic carbocycles. The van der Waals surface area contributed by atoms with Gasteiger partial charge < -0.3 is 14.2 Å². The van der Waals surface area contributed by atoms with E-state index in [0.29, 0.717) is 23.5 Å². The molecule has 0 atom stereocenters. The predicted octanol–water partition coefficient (Wildman–Crippen LogP) is 3.56. The van der Waals surface area contributed by atoms with E-state index in [1.807, 2.05) is 61.5 Å². The molecule has 2 aromatic heterocycles. The second kappa shape index (κ2) is 8.10. The van der Waals surface area contributed by atoms with Crippen LogP contribution < -0.4 is 9.64 Å². The maximum atomic E-state index is 12.9. The summed E-state index contributed by atoms with van der Waals surface area (Å²) >= 11 is 0.